The number of aryl methyl sites for hydroxylation is 1. The maximum Gasteiger partial charge on any atom is 0.257 e. The van der Waals surface area contributed by atoms with Crippen molar-refractivity contribution in [1.29, 1.82) is 0 Å². The molecule has 0 aliphatic rings. The second-order valence-corrected chi connectivity index (χ2v) is 11.7. The van der Waals surface area contributed by atoms with Crippen molar-refractivity contribution in [3.63, 3.8) is 0 Å². The van der Waals surface area contributed by atoms with Gasteiger partial charge in [-0.15, -0.1) is 0 Å². The first kappa shape index (κ1) is 31.2. The third-order valence-corrected chi connectivity index (χ3v) is 8.22. The third-order valence-electron chi connectivity index (χ3n) is 8.22. The highest BCUT2D eigenvalue weighted by Gasteiger charge is 2.37. The van der Waals surface area contributed by atoms with Gasteiger partial charge in [-0.25, -0.2) is 4.68 Å². The van der Waals surface area contributed by atoms with E-state index in [1.165, 1.54) is 0 Å². The number of nitrogens with one attached hydrogen (secondary N) is 2. The molecule has 236 valence electrons. The monoisotopic (exact) mass is 621 g/mol. The second kappa shape index (κ2) is 14.1. The molecule has 0 saturated carbocycles. The van der Waals surface area contributed by atoms with E-state index in [4.69, 9.17) is 4.74 Å². The molecule has 1 aromatic heterocycles. The molecule has 5 aromatic carbocycles. The van der Waals surface area contributed by atoms with E-state index in [-0.39, 0.29) is 5.91 Å². The second-order valence-electron chi connectivity index (χ2n) is 11.7. The number of hydrogen-bond donors (Lipinski definition) is 2. The molecule has 0 saturated heterocycles. The Morgan fingerprint density at radius 1 is 0.766 bits per heavy atom. The number of aromatic nitrogens is 2. The van der Waals surface area contributed by atoms with Crippen LogP contribution < -0.4 is 20.3 Å². The summed E-state index contributed by atoms with van der Waals surface area (Å²) in [6.07, 6.45) is 1.81. The lowest BCUT2D eigenvalue weighted by Crippen LogP contribution is -2.39. The lowest BCUT2D eigenvalue weighted by molar-refractivity contribution is 0.102. The molecule has 0 spiro atoms. The van der Waals surface area contributed by atoms with Gasteiger partial charge in [0.15, 0.2) is 0 Å². The maximum absolute atomic E-state index is 13.1. The molecule has 0 fully saturated rings. The van der Waals surface area contributed by atoms with Gasteiger partial charge < -0.3 is 20.3 Å². The van der Waals surface area contributed by atoms with Crippen molar-refractivity contribution in [2.45, 2.75) is 19.0 Å². The minimum atomic E-state index is -0.658. The molecule has 6 rings (SSSR count). The molecule has 0 atom stereocenters. The molecule has 0 radical (unpaired) electrons. The number of carbonyl (C=O) groups excluding carboxylic acids is 1. The zero-order valence-corrected chi connectivity index (χ0v) is 26.9. The van der Waals surface area contributed by atoms with Crippen molar-refractivity contribution >= 4 is 23.1 Å². The summed E-state index contributed by atoms with van der Waals surface area (Å²) in [5.41, 5.74) is 6.01. The molecule has 0 aliphatic heterocycles. The Hall–Kier alpha value is -5.82. The van der Waals surface area contributed by atoms with E-state index in [1.807, 2.05) is 97.3 Å². The summed E-state index contributed by atoms with van der Waals surface area (Å²) >= 11 is 0. The van der Waals surface area contributed by atoms with Crippen molar-refractivity contribution in [2.24, 2.45) is 0 Å². The minimum Gasteiger partial charge on any atom is -0.492 e. The smallest absolute Gasteiger partial charge is 0.257 e. The van der Waals surface area contributed by atoms with Gasteiger partial charge in [0, 0.05) is 31.5 Å². The van der Waals surface area contributed by atoms with Crippen LogP contribution in [0.4, 0.5) is 17.2 Å². The maximum atomic E-state index is 13.1. The first-order valence-corrected chi connectivity index (χ1v) is 15.7. The number of hydrogen-bond acceptors (Lipinski definition) is 5. The molecule has 2 N–H and O–H groups in total. The average Bonchev–Trinajstić information content (AvgIpc) is 3.55. The first-order chi connectivity index (χ1) is 22.9. The fourth-order valence-corrected chi connectivity index (χ4v) is 5.88. The van der Waals surface area contributed by atoms with Crippen LogP contribution in [-0.4, -0.2) is 36.4 Å². The van der Waals surface area contributed by atoms with Crippen LogP contribution in [0.1, 0.15) is 32.6 Å². The topological polar surface area (TPSA) is 71.4 Å². The molecule has 1 heterocycles. The molecule has 0 unspecified atom stereocenters. The number of nitrogens with zero attached hydrogens (tertiary/aromatic N) is 3. The van der Waals surface area contributed by atoms with E-state index in [1.54, 1.807) is 6.20 Å². The van der Waals surface area contributed by atoms with Crippen LogP contribution in [0.5, 0.6) is 5.75 Å². The number of benzene rings is 5. The van der Waals surface area contributed by atoms with Crippen LogP contribution in [0.2, 0.25) is 0 Å². The van der Waals surface area contributed by atoms with Gasteiger partial charge >= 0.3 is 0 Å². The zero-order chi connectivity index (χ0) is 32.6. The van der Waals surface area contributed by atoms with Crippen LogP contribution in [-0.2, 0) is 12.1 Å². The summed E-state index contributed by atoms with van der Waals surface area (Å²) in [5.74, 6) is 1.43. The highest BCUT2D eigenvalue weighted by molar-refractivity contribution is 6.08. The van der Waals surface area contributed by atoms with Gasteiger partial charge in [-0.3, -0.25) is 4.79 Å². The Bertz CT molecular complexity index is 1810. The van der Waals surface area contributed by atoms with E-state index < -0.39 is 5.54 Å². The number of carbonyl (C=O) groups is 1. The summed E-state index contributed by atoms with van der Waals surface area (Å²) in [4.78, 5) is 15.0. The Morgan fingerprint density at radius 3 is 1.89 bits per heavy atom. The van der Waals surface area contributed by atoms with Gasteiger partial charge in [0.25, 0.3) is 5.91 Å². The quantitative estimate of drug-likeness (QED) is 0.136. The molecule has 0 bridgehead atoms. The third kappa shape index (κ3) is 6.89. The summed E-state index contributed by atoms with van der Waals surface area (Å²) in [6.45, 7) is 2.96. The van der Waals surface area contributed by atoms with Crippen LogP contribution >= 0.6 is 0 Å². The number of amides is 1. The van der Waals surface area contributed by atoms with Gasteiger partial charge in [0.2, 0.25) is 0 Å². The highest BCUT2D eigenvalue weighted by atomic mass is 16.5. The van der Waals surface area contributed by atoms with Gasteiger partial charge in [-0.1, -0.05) is 97.1 Å². The Labute approximate surface area is 276 Å². The molecule has 7 nitrogen and oxygen atoms in total. The SMILES string of the molecule is Cc1ccc(C(=O)Nc2ccc(OCCn3nccc3NC(c3ccccc3)(c3ccccc3)c3ccccc3)cc2)c(N(C)C)c1. The fraction of sp³-hybridized carbons (Fsp3) is 0.150. The van der Waals surface area contributed by atoms with Gasteiger partial charge in [0.05, 0.1) is 18.3 Å². The van der Waals surface area contributed by atoms with Crippen molar-refractivity contribution < 1.29 is 9.53 Å². The predicted octanol–water partition coefficient (Wildman–Crippen LogP) is 7.99. The molecule has 0 aliphatic carbocycles. The normalized spacial score (nSPS) is 11.1. The van der Waals surface area contributed by atoms with Crippen LogP contribution in [0.15, 0.2) is 146 Å². The fourth-order valence-electron chi connectivity index (χ4n) is 5.88. The molecule has 1 amide bonds. The summed E-state index contributed by atoms with van der Waals surface area (Å²) < 4.78 is 8.05. The number of anilines is 3. The van der Waals surface area contributed by atoms with E-state index in [2.05, 4.69) is 88.5 Å². The average molecular weight is 622 g/mol. The van der Waals surface area contributed by atoms with Gasteiger partial charge in [-0.2, -0.15) is 5.10 Å². The lowest BCUT2D eigenvalue weighted by Gasteiger charge is -2.37. The standard InChI is InChI=1S/C40H39N5O2/c1-30-19-24-36(37(29-30)44(2)3)39(46)42-34-20-22-35(23-21-34)47-28-27-45-38(25-26-41-45)43-40(31-13-7-4-8-14-31,32-15-9-5-10-16-32)33-17-11-6-12-18-33/h4-26,29,43H,27-28H2,1-3H3,(H,42,46). The van der Waals surface area contributed by atoms with E-state index >= 15 is 0 Å². The summed E-state index contributed by atoms with van der Waals surface area (Å²) in [5, 5.41) is 11.5. The largest absolute Gasteiger partial charge is 0.492 e. The van der Waals surface area contributed by atoms with Crippen molar-refractivity contribution in [3.05, 3.63) is 174 Å². The van der Waals surface area contributed by atoms with Crippen molar-refractivity contribution in [3.8, 4) is 5.75 Å². The zero-order valence-electron chi connectivity index (χ0n) is 26.9. The van der Waals surface area contributed by atoms with Crippen LogP contribution in [0.3, 0.4) is 0 Å². The van der Waals surface area contributed by atoms with Gasteiger partial charge in [-0.05, 0) is 65.6 Å². The summed E-state index contributed by atoms with van der Waals surface area (Å²) in [7, 11) is 3.87. The highest BCUT2D eigenvalue weighted by Crippen LogP contribution is 2.40. The Kier molecular flexibility index (Phi) is 9.34. The number of ether oxygens (including phenoxy) is 1. The van der Waals surface area contributed by atoms with Gasteiger partial charge in [0.1, 0.15) is 23.7 Å². The minimum absolute atomic E-state index is 0.154. The van der Waals surface area contributed by atoms with E-state index in [9.17, 15) is 4.79 Å². The Morgan fingerprint density at radius 2 is 1.34 bits per heavy atom. The summed E-state index contributed by atoms with van der Waals surface area (Å²) in [6, 6.07) is 46.8. The van der Waals surface area contributed by atoms with E-state index in [0.717, 1.165) is 33.8 Å². The molecular weight excluding hydrogens is 582 g/mol. The van der Waals surface area contributed by atoms with E-state index in [0.29, 0.717) is 30.2 Å². The predicted molar refractivity (Wildman–Crippen MR) is 190 cm³/mol. The molecular formula is C40H39N5O2. The lowest BCUT2D eigenvalue weighted by atomic mass is 9.77. The van der Waals surface area contributed by atoms with Crippen LogP contribution in [0, 0.1) is 6.92 Å². The van der Waals surface area contributed by atoms with Crippen molar-refractivity contribution in [1.82, 2.24) is 9.78 Å². The first-order valence-electron chi connectivity index (χ1n) is 15.7. The molecule has 47 heavy (non-hydrogen) atoms. The Balaban J connectivity index is 1.17. The molecule has 6 aromatic rings. The van der Waals surface area contributed by atoms with Crippen LogP contribution in [0.25, 0.3) is 0 Å². The molecule has 7 heteroatoms. The number of rotatable bonds is 12. The van der Waals surface area contributed by atoms with Crippen molar-refractivity contribution in [2.75, 3.05) is 36.2 Å².